The third-order valence-corrected chi connectivity index (χ3v) is 4.60. The van der Waals surface area contributed by atoms with Crippen molar-refractivity contribution in [1.82, 2.24) is 0 Å². The number of amides is 1. The molecule has 1 heterocycles. The maximum absolute atomic E-state index is 12.6. The zero-order valence-corrected chi connectivity index (χ0v) is 14.4. The van der Waals surface area contributed by atoms with Gasteiger partial charge < -0.3 is 10.2 Å². The highest BCUT2D eigenvalue weighted by molar-refractivity contribution is 6.06. The van der Waals surface area contributed by atoms with Crippen LogP contribution in [0.5, 0.6) is 0 Å². The molecule has 24 heavy (non-hydrogen) atoms. The van der Waals surface area contributed by atoms with Crippen molar-refractivity contribution in [2.24, 2.45) is 0 Å². The molecule has 1 fully saturated rings. The molecular formula is C21H26N2O. The van der Waals surface area contributed by atoms with E-state index in [2.05, 4.69) is 35.3 Å². The molecule has 0 aliphatic carbocycles. The van der Waals surface area contributed by atoms with Gasteiger partial charge in [-0.05, 0) is 55.5 Å². The quantitative estimate of drug-likeness (QED) is 0.850. The van der Waals surface area contributed by atoms with E-state index in [1.165, 1.54) is 24.8 Å². The van der Waals surface area contributed by atoms with Gasteiger partial charge in [0, 0.05) is 18.7 Å². The van der Waals surface area contributed by atoms with Gasteiger partial charge in [0.05, 0.1) is 11.4 Å². The lowest BCUT2D eigenvalue weighted by Gasteiger charge is -2.30. The molecule has 0 spiro atoms. The zero-order valence-electron chi connectivity index (χ0n) is 14.4. The normalized spacial score (nSPS) is 14.5. The minimum Gasteiger partial charge on any atom is -0.370 e. The predicted molar refractivity (Wildman–Crippen MR) is 101 cm³/mol. The molecule has 0 radical (unpaired) electrons. The first-order valence-corrected chi connectivity index (χ1v) is 9.02. The van der Waals surface area contributed by atoms with Crippen molar-refractivity contribution in [2.75, 3.05) is 23.3 Å². The standard InChI is InChI=1S/C21H26N2O/c1-2-8-17-11-13-18(14-12-17)21(24)22-19-9-4-5-10-20(19)23-15-6-3-7-16-23/h4-5,9-14H,2-3,6-8,15-16H2,1H3,(H,22,24). The van der Waals surface area contributed by atoms with Crippen molar-refractivity contribution >= 4 is 17.3 Å². The number of carbonyl (C=O) groups is 1. The van der Waals surface area contributed by atoms with E-state index in [-0.39, 0.29) is 5.91 Å². The van der Waals surface area contributed by atoms with Crippen LogP contribution in [0.2, 0.25) is 0 Å². The summed E-state index contributed by atoms with van der Waals surface area (Å²) in [5.41, 5.74) is 4.03. The molecule has 1 N–H and O–H groups in total. The topological polar surface area (TPSA) is 32.3 Å². The third kappa shape index (κ3) is 3.97. The fraction of sp³-hybridized carbons (Fsp3) is 0.381. The van der Waals surface area contributed by atoms with Gasteiger partial charge in [-0.2, -0.15) is 0 Å². The Bertz CT molecular complexity index is 672. The van der Waals surface area contributed by atoms with Crippen molar-refractivity contribution in [3.63, 3.8) is 0 Å². The van der Waals surface area contributed by atoms with E-state index in [1.54, 1.807) is 0 Å². The fourth-order valence-corrected chi connectivity index (χ4v) is 3.30. The van der Waals surface area contributed by atoms with Gasteiger partial charge in [-0.15, -0.1) is 0 Å². The Morgan fingerprint density at radius 2 is 1.71 bits per heavy atom. The minimum atomic E-state index is -0.0393. The highest BCUT2D eigenvalue weighted by Gasteiger charge is 2.16. The van der Waals surface area contributed by atoms with Gasteiger partial charge in [-0.25, -0.2) is 0 Å². The molecule has 2 aromatic carbocycles. The van der Waals surface area contributed by atoms with Crippen LogP contribution >= 0.6 is 0 Å². The number of rotatable bonds is 5. The van der Waals surface area contributed by atoms with E-state index in [0.29, 0.717) is 5.56 Å². The van der Waals surface area contributed by atoms with Gasteiger partial charge in [0.15, 0.2) is 0 Å². The molecule has 1 aliphatic heterocycles. The summed E-state index contributed by atoms with van der Waals surface area (Å²) in [6, 6.07) is 16.1. The third-order valence-electron chi connectivity index (χ3n) is 4.60. The first-order valence-electron chi connectivity index (χ1n) is 9.02. The van der Waals surface area contributed by atoms with E-state index in [9.17, 15) is 4.79 Å². The second-order valence-electron chi connectivity index (χ2n) is 6.47. The molecule has 126 valence electrons. The minimum absolute atomic E-state index is 0.0393. The SMILES string of the molecule is CCCc1ccc(C(=O)Nc2ccccc2N2CCCCC2)cc1. The van der Waals surface area contributed by atoms with Crippen LogP contribution in [0.25, 0.3) is 0 Å². The van der Waals surface area contributed by atoms with Gasteiger partial charge in [-0.1, -0.05) is 37.6 Å². The van der Waals surface area contributed by atoms with Gasteiger partial charge in [-0.3, -0.25) is 4.79 Å². The highest BCUT2D eigenvalue weighted by atomic mass is 16.1. The van der Waals surface area contributed by atoms with Crippen LogP contribution in [0, 0.1) is 0 Å². The Balaban J connectivity index is 1.74. The average Bonchev–Trinajstić information content (AvgIpc) is 2.64. The Hall–Kier alpha value is -2.29. The van der Waals surface area contributed by atoms with Crippen LogP contribution in [0.1, 0.15) is 48.5 Å². The lowest BCUT2D eigenvalue weighted by atomic mass is 10.1. The number of piperidine rings is 1. The number of aryl methyl sites for hydroxylation is 1. The molecule has 3 rings (SSSR count). The molecule has 1 amide bonds. The number of para-hydroxylation sites is 2. The van der Waals surface area contributed by atoms with Gasteiger partial charge in [0.1, 0.15) is 0 Å². The van der Waals surface area contributed by atoms with Gasteiger partial charge >= 0.3 is 0 Å². The number of hydrogen-bond acceptors (Lipinski definition) is 2. The van der Waals surface area contributed by atoms with Gasteiger partial charge in [0.25, 0.3) is 5.91 Å². The Morgan fingerprint density at radius 1 is 1.00 bits per heavy atom. The number of carbonyl (C=O) groups excluding carboxylic acids is 1. The maximum Gasteiger partial charge on any atom is 0.255 e. The first-order chi connectivity index (χ1) is 11.8. The first kappa shape index (κ1) is 16.6. The smallest absolute Gasteiger partial charge is 0.255 e. The van der Waals surface area contributed by atoms with E-state index in [4.69, 9.17) is 0 Å². The zero-order chi connectivity index (χ0) is 16.8. The molecule has 0 unspecified atom stereocenters. The Labute approximate surface area is 144 Å². The van der Waals surface area contributed by atoms with Crippen molar-refractivity contribution < 1.29 is 4.79 Å². The second-order valence-corrected chi connectivity index (χ2v) is 6.47. The summed E-state index contributed by atoms with van der Waals surface area (Å²) in [7, 11) is 0. The monoisotopic (exact) mass is 322 g/mol. The largest absolute Gasteiger partial charge is 0.370 e. The molecule has 0 atom stereocenters. The summed E-state index contributed by atoms with van der Waals surface area (Å²) >= 11 is 0. The van der Waals surface area contributed by atoms with E-state index in [0.717, 1.165) is 37.3 Å². The summed E-state index contributed by atoms with van der Waals surface area (Å²) in [5, 5.41) is 3.09. The molecule has 1 saturated heterocycles. The van der Waals surface area contributed by atoms with Crippen LogP contribution < -0.4 is 10.2 Å². The van der Waals surface area contributed by atoms with Crippen molar-refractivity contribution in [3.8, 4) is 0 Å². The van der Waals surface area contributed by atoms with Crippen LogP contribution in [-0.4, -0.2) is 19.0 Å². The molecule has 3 heteroatoms. The summed E-state index contributed by atoms with van der Waals surface area (Å²) in [5.74, 6) is -0.0393. The van der Waals surface area contributed by atoms with Crippen LogP contribution in [-0.2, 0) is 6.42 Å². The van der Waals surface area contributed by atoms with Crippen molar-refractivity contribution in [3.05, 3.63) is 59.7 Å². The molecule has 0 saturated carbocycles. The Morgan fingerprint density at radius 3 is 2.42 bits per heavy atom. The molecular weight excluding hydrogens is 296 g/mol. The van der Waals surface area contributed by atoms with Gasteiger partial charge in [0.2, 0.25) is 0 Å². The number of benzene rings is 2. The Kier molecular flexibility index (Phi) is 5.52. The second kappa shape index (κ2) is 8.00. The maximum atomic E-state index is 12.6. The van der Waals surface area contributed by atoms with Crippen molar-refractivity contribution in [1.29, 1.82) is 0 Å². The number of nitrogens with zero attached hydrogens (tertiary/aromatic N) is 1. The van der Waals surface area contributed by atoms with Crippen LogP contribution in [0.15, 0.2) is 48.5 Å². The summed E-state index contributed by atoms with van der Waals surface area (Å²) in [6.45, 7) is 4.30. The number of anilines is 2. The summed E-state index contributed by atoms with van der Waals surface area (Å²) < 4.78 is 0. The lowest BCUT2D eigenvalue weighted by Crippen LogP contribution is -2.30. The molecule has 3 nitrogen and oxygen atoms in total. The molecule has 1 aliphatic rings. The predicted octanol–water partition coefficient (Wildman–Crippen LogP) is 4.88. The number of hydrogen-bond donors (Lipinski definition) is 1. The molecule has 0 bridgehead atoms. The van der Waals surface area contributed by atoms with E-state index in [1.807, 2.05) is 30.3 Å². The van der Waals surface area contributed by atoms with Crippen LogP contribution in [0.4, 0.5) is 11.4 Å². The molecule has 0 aromatic heterocycles. The van der Waals surface area contributed by atoms with E-state index < -0.39 is 0 Å². The fourth-order valence-electron chi connectivity index (χ4n) is 3.30. The highest BCUT2D eigenvalue weighted by Crippen LogP contribution is 2.28. The average molecular weight is 322 g/mol. The molecule has 2 aromatic rings. The van der Waals surface area contributed by atoms with E-state index >= 15 is 0 Å². The van der Waals surface area contributed by atoms with Crippen molar-refractivity contribution in [2.45, 2.75) is 39.0 Å². The van der Waals surface area contributed by atoms with Crippen LogP contribution in [0.3, 0.4) is 0 Å². The number of nitrogens with one attached hydrogen (secondary N) is 1. The lowest BCUT2D eigenvalue weighted by molar-refractivity contribution is 0.102. The summed E-state index contributed by atoms with van der Waals surface area (Å²) in [6.07, 6.45) is 5.92. The summed E-state index contributed by atoms with van der Waals surface area (Å²) in [4.78, 5) is 15.0.